The van der Waals surface area contributed by atoms with E-state index in [1.54, 1.807) is 0 Å². The highest BCUT2D eigenvalue weighted by Gasteiger charge is 2.47. The van der Waals surface area contributed by atoms with Gasteiger partial charge in [0, 0.05) is 18.2 Å². The molecule has 0 bridgehead atoms. The van der Waals surface area contributed by atoms with E-state index in [2.05, 4.69) is 18.1 Å². The summed E-state index contributed by atoms with van der Waals surface area (Å²) in [7, 11) is 0. The lowest BCUT2D eigenvalue weighted by molar-refractivity contribution is 0.489. The highest BCUT2D eigenvalue weighted by molar-refractivity contribution is 5.72. The predicted octanol–water partition coefficient (Wildman–Crippen LogP) is 1.49. The van der Waals surface area contributed by atoms with Crippen molar-refractivity contribution in [3.8, 4) is 0 Å². The first-order chi connectivity index (χ1) is 3.83. The lowest BCUT2D eigenvalue weighted by Crippen LogP contribution is -2.08. The molecule has 1 heterocycles. The summed E-state index contributed by atoms with van der Waals surface area (Å²) in [4.78, 5) is 4.25. The molecular weight excluding hydrogens is 98.1 g/mol. The molecule has 1 aliphatic heterocycles. The van der Waals surface area contributed by atoms with Crippen molar-refractivity contribution in [1.82, 2.24) is 0 Å². The van der Waals surface area contributed by atoms with Crippen LogP contribution < -0.4 is 0 Å². The second-order valence-electron chi connectivity index (χ2n) is 3.13. The maximum Gasteiger partial charge on any atom is 0.0420 e. The maximum atomic E-state index is 4.25. The van der Waals surface area contributed by atoms with Gasteiger partial charge in [0.15, 0.2) is 0 Å². The first-order valence-corrected chi connectivity index (χ1v) is 3.34. The number of rotatable bonds is 0. The molecule has 2 rings (SSSR count). The fourth-order valence-corrected chi connectivity index (χ4v) is 1.47. The third-order valence-corrected chi connectivity index (χ3v) is 2.54. The van der Waals surface area contributed by atoms with Gasteiger partial charge in [-0.2, -0.15) is 0 Å². The van der Waals surface area contributed by atoms with Gasteiger partial charge in [0.1, 0.15) is 0 Å². The summed E-state index contributed by atoms with van der Waals surface area (Å²) in [5, 5.41) is 0. The summed E-state index contributed by atoms with van der Waals surface area (Å²) in [5.74, 6) is 0.850. The van der Waals surface area contributed by atoms with Gasteiger partial charge in [0.05, 0.1) is 0 Å². The number of aliphatic imine (C=N–C) groups is 1. The van der Waals surface area contributed by atoms with Crippen LogP contribution in [0.15, 0.2) is 4.99 Å². The average molecular weight is 109 g/mol. The highest BCUT2D eigenvalue weighted by Crippen LogP contribution is 2.52. The van der Waals surface area contributed by atoms with Crippen molar-refractivity contribution in [1.29, 1.82) is 0 Å². The quantitative estimate of drug-likeness (QED) is 0.447. The van der Waals surface area contributed by atoms with E-state index in [1.807, 2.05) is 0 Å². The first kappa shape index (κ1) is 4.54. The predicted molar refractivity (Wildman–Crippen MR) is 34.2 cm³/mol. The Balaban J connectivity index is 2.22. The molecule has 2 aliphatic rings. The minimum absolute atomic E-state index is 0.611. The molecule has 0 aromatic rings. The van der Waals surface area contributed by atoms with Crippen LogP contribution in [-0.4, -0.2) is 12.8 Å². The normalized spacial score (nSPS) is 38.9. The van der Waals surface area contributed by atoms with Gasteiger partial charge in [-0.3, -0.25) is 4.99 Å². The summed E-state index contributed by atoms with van der Waals surface area (Å²) >= 11 is 0. The Morgan fingerprint density at radius 2 is 2.38 bits per heavy atom. The molecule has 0 amide bonds. The first-order valence-electron chi connectivity index (χ1n) is 3.34. The molecule has 1 spiro atoms. The van der Waals surface area contributed by atoms with Gasteiger partial charge < -0.3 is 0 Å². The second-order valence-corrected chi connectivity index (χ2v) is 3.13. The Kier molecular flexibility index (Phi) is 0.651. The van der Waals surface area contributed by atoms with Crippen LogP contribution >= 0.6 is 0 Å². The standard InChI is InChI=1S/C7H11N/c1-6-4-8-5-7(6)2-3-7/h5-6H,2-4H2,1H3. The van der Waals surface area contributed by atoms with Crippen molar-refractivity contribution in [3.05, 3.63) is 0 Å². The van der Waals surface area contributed by atoms with E-state index in [1.165, 1.54) is 12.8 Å². The molecule has 1 nitrogen and oxygen atoms in total. The third-order valence-electron chi connectivity index (χ3n) is 2.54. The van der Waals surface area contributed by atoms with E-state index in [0.29, 0.717) is 5.41 Å². The number of hydrogen-bond donors (Lipinski definition) is 0. The van der Waals surface area contributed by atoms with Crippen LogP contribution in [0.25, 0.3) is 0 Å². The molecular formula is C7H11N. The van der Waals surface area contributed by atoms with E-state index < -0.39 is 0 Å². The molecule has 44 valence electrons. The molecule has 0 aromatic heterocycles. The monoisotopic (exact) mass is 109 g/mol. The van der Waals surface area contributed by atoms with E-state index in [4.69, 9.17) is 0 Å². The Morgan fingerprint density at radius 1 is 1.62 bits per heavy atom. The molecule has 0 saturated heterocycles. The Morgan fingerprint density at radius 3 is 2.62 bits per heavy atom. The summed E-state index contributed by atoms with van der Waals surface area (Å²) in [6.07, 6.45) is 4.98. The Hall–Kier alpha value is -0.330. The van der Waals surface area contributed by atoms with Gasteiger partial charge in [0.2, 0.25) is 0 Å². The van der Waals surface area contributed by atoms with Crippen molar-refractivity contribution in [2.24, 2.45) is 16.3 Å². The Bertz CT molecular complexity index is 133. The fourth-order valence-electron chi connectivity index (χ4n) is 1.47. The summed E-state index contributed by atoms with van der Waals surface area (Å²) in [6, 6.07) is 0. The van der Waals surface area contributed by atoms with Crippen LogP contribution in [0.1, 0.15) is 19.8 Å². The van der Waals surface area contributed by atoms with E-state index in [-0.39, 0.29) is 0 Å². The van der Waals surface area contributed by atoms with Gasteiger partial charge >= 0.3 is 0 Å². The summed E-state index contributed by atoms with van der Waals surface area (Å²) in [6.45, 7) is 3.39. The van der Waals surface area contributed by atoms with Crippen LogP contribution in [0.4, 0.5) is 0 Å². The summed E-state index contributed by atoms with van der Waals surface area (Å²) in [5.41, 5.74) is 0.611. The maximum absolute atomic E-state index is 4.25. The van der Waals surface area contributed by atoms with Crippen LogP contribution in [0.5, 0.6) is 0 Å². The zero-order valence-electron chi connectivity index (χ0n) is 5.22. The molecule has 0 radical (unpaired) electrons. The Labute approximate surface area is 49.8 Å². The van der Waals surface area contributed by atoms with Gasteiger partial charge in [-0.25, -0.2) is 0 Å². The van der Waals surface area contributed by atoms with Crippen molar-refractivity contribution in [2.75, 3.05) is 6.54 Å². The van der Waals surface area contributed by atoms with Crippen LogP contribution in [-0.2, 0) is 0 Å². The molecule has 0 aromatic carbocycles. The lowest BCUT2D eigenvalue weighted by Gasteiger charge is -2.07. The molecule has 1 aliphatic carbocycles. The lowest BCUT2D eigenvalue weighted by atomic mass is 9.95. The van der Waals surface area contributed by atoms with Crippen LogP contribution in [0.2, 0.25) is 0 Å². The third kappa shape index (κ3) is 0.396. The van der Waals surface area contributed by atoms with Gasteiger partial charge in [-0.05, 0) is 18.8 Å². The SMILES string of the molecule is CC1CN=CC12CC2. The van der Waals surface area contributed by atoms with Gasteiger partial charge in [-0.1, -0.05) is 6.92 Å². The van der Waals surface area contributed by atoms with Crippen LogP contribution in [0.3, 0.4) is 0 Å². The second kappa shape index (κ2) is 1.15. The van der Waals surface area contributed by atoms with E-state index in [0.717, 1.165) is 12.5 Å². The highest BCUT2D eigenvalue weighted by atomic mass is 14.8. The van der Waals surface area contributed by atoms with Crippen molar-refractivity contribution >= 4 is 6.21 Å². The number of nitrogens with zero attached hydrogens (tertiary/aromatic N) is 1. The minimum atomic E-state index is 0.611. The van der Waals surface area contributed by atoms with Crippen molar-refractivity contribution in [2.45, 2.75) is 19.8 Å². The fraction of sp³-hybridized carbons (Fsp3) is 0.857. The van der Waals surface area contributed by atoms with Gasteiger partial charge in [0.25, 0.3) is 0 Å². The topological polar surface area (TPSA) is 12.4 Å². The molecule has 1 unspecified atom stereocenters. The summed E-state index contributed by atoms with van der Waals surface area (Å²) < 4.78 is 0. The average Bonchev–Trinajstić information content (AvgIpc) is 2.39. The van der Waals surface area contributed by atoms with Crippen molar-refractivity contribution in [3.63, 3.8) is 0 Å². The zero-order valence-corrected chi connectivity index (χ0v) is 5.22. The molecule has 0 N–H and O–H groups in total. The molecule has 8 heavy (non-hydrogen) atoms. The zero-order chi connectivity index (χ0) is 5.61. The largest absolute Gasteiger partial charge is 0.297 e. The van der Waals surface area contributed by atoms with E-state index in [9.17, 15) is 0 Å². The van der Waals surface area contributed by atoms with Crippen molar-refractivity contribution < 1.29 is 0 Å². The van der Waals surface area contributed by atoms with Gasteiger partial charge in [-0.15, -0.1) is 0 Å². The molecule has 1 heteroatoms. The smallest absolute Gasteiger partial charge is 0.0420 e. The minimum Gasteiger partial charge on any atom is -0.297 e. The molecule has 1 atom stereocenters. The number of hydrogen-bond acceptors (Lipinski definition) is 1. The molecule has 1 saturated carbocycles. The molecule has 1 fully saturated rings. The van der Waals surface area contributed by atoms with E-state index >= 15 is 0 Å². The van der Waals surface area contributed by atoms with Crippen LogP contribution in [0, 0.1) is 11.3 Å².